The monoisotopic (exact) mass is 325 g/mol. The molecule has 116 valence electrons. The Labute approximate surface area is 138 Å². The van der Waals surface area contributed by atoms with Gasteiger partial charge in [-0.15, -0.1) is 0 Å². The highest BCUT2D eigenvalue weighted by atomic mass is 32.1. The van der Waals surface area contributed by atoms with E-state index in [4.69, 9.17) is 21.1 Å². The van der Waals surface area contributed by atoms with Gasteiger partial charge in [0.1, 0.15) is 17.6 Å². The molecular formula is C17H15N3O2S. The fourth-order valence-corrected chi connectivity index (χ4v) is 3.22. The molecule has 1 aliphatic heterocycles. The summed E-state index contributed by atoms with van der Waals surface area (Å²) in [5.41, 5.74) is 0.929. The van der Waals surface area contributed by atoms with Crippen molar-refractivity contribution in [2.75, 3.05) is 0 Å². The Bertz CT molecular complexity index is 772. The van der Waals surface area contributed by atoms with Gasteiger partial charge in [-0.25, -0.2) is 0 Å². The summed E-state index contributed by atoms with van der Waals surface area (Å²) < 4.78 is 11.1. The second kappa shape index (κ2) is 5.89. The zero-order valence-electron chi connectivity index (χ0n) is 12.3. The number of thiocarbonyl (C=S) groups is 1. The minimum atomic E-state index is -0.0718. The molecule has 3 aromatic rings. The molecule has 0 amide bonds. The van der Waals surface area contributed by atoms with Gasteiger partial charge in [0.15, 0.2) is 5.11 Å². The van der Waals surface area contributed by atoms with E-state index in [-0.39, 0.29) is 12.1 Å². The minimum absolute atomic E-state index is 0.0650. The summed E-state index contributed by atoms with van der Waals surface area (Å²) in [4.78, 5) is 6.55. The molecule has 0 saturated carbocycles. The largest absolute Gasteiger partial charge is 0.467 e. The molecule has 4 rings (SSSR count). The Morgan fingerprint density at radius 2 is 1.96 bits per heavy atom. The van der Waals surface area contributed by atoms with Crippen LogP contribution in [-0.2, 0) is 6.54 Å². The van der Waals surface area contributed by atoms with Gasteiger partial charge in [0.25, 0.3) is 0 Å². The van der Waals surface area contributed by atoms with Crippen molar-refractivity contribution in [3.63, 3.8) is 0 Å². The number of hydrogen-bond acceptors (Lipinski definition) is 4. The van der Waals surface area contributed by atoms with Crippen molar-refractivity contribution >= 4 is 17.3 Å². The van der Waals surface area contributed by atoms with E-state index >= 15 is 0 Å². The first-order chi connectivity index (χ1) is 11.3. The molecule has 1 aliphatic rings. The number of rotatable bonds is 4. The summed E-state index contributed by atoms with van der Waals surface area (Å²) in [6, 6.07) is 13.4. The molecule has 1 N–H and O–H groups in total. The molecule has 2 unspecified atom stereocenters. The Morgan fingerprint density at radius 1 is 1.09 bits per heavy atom. The predicted molar refractivity (Wildman–Crippen MR) is 88.4 cm³/mol. The SMILES string of the molecule is S=C1NC(c2ccccn2)C(c2ccco2)N1Cc1ccco1. The van der Waals surface area contributed by atoms with Crippen LogP contribution in [0.15, 0.2) is 70.0 Å². The standard InChI is InChI=1S/C17H15N3O2S/c23-17-19-15(13-6-1-2-8-18-13)16(14-7-4-10-22-14)20(17)11-12-5-3-9-21-12/h1-10,15-16H,11H2,(H,19,23). The highest BCUT2D eigenvalue weighted by Gasteiger charge is 2.41. The summed E-state index contributed by atoms with van der Waals surface area (Å²) in [6.45, 7) is 0.577. The van der Waals surface area contributed by atoms with Gasteiger partial charge in [0, 0.05) is 6.20 Å². The van der Waals surface area contributed by atoms with Crippen LogP contribution in [0, 0.1) is 0 Å². The molecule has 6 heteroatoms. The van der Waals surface area contributed by atoms with E-state index in [1.807, 2.05) is 42.5 Å². The van der Waals surface area contributed by atoms with Gasteiger partial charge in [-0.1, -0.05) is 6.07 Å². The molecule has 4 heterocycles. The normalized spacial score (nSPS) is 20.7. The summed E-state index contributed by atoms with van der Waals surface area (Å²) >= 11 is 5.55. The smallest absolute Gasteiger partial charge is 0.170 e. The molecule has 3 aromatic heterocycles. The average Bonchev–Trinajstić information content (AvgIpc) is 3.31. The molecule has 2 atom stereocenters. The Hall–Kier alpha value is -2.60. The van der Waals surface area contributed by atoms with E-state index in [2.05, 4.69) is 15.2 Å². The van der Waals surface area contributed by atoms with Gasteiger partial charge in [-0.2, -0.15) is 0 Å². The zero-order valence-corrected chi connectivity index (χ0v) is 13.1. The van der Waals surface area contributed by atoms with E-state index < -0.39 is 0 Å². The summed E-state index contributed by atoms with van der Waals surface area (Å²) in [5.74, 6) is 1.70. The zero-order chi connectivity index (χ0) is 15.6. The number of hydrogen-bond donors (Lipinski definition) is 1. The summed E-state index contributed by atoms with van der Waals surface area (Å²) in [7, 11) is 0. The van der Waals surface area contributed by atoms with Gasteiger partial charge < -0.3 is 19.1 Å². The second-order valence-electron chi connectivity index (χ2n) is 5.35. The second-order valence-corrected chi connectivity index (χ2v) is 5.74. The third-order valence-corrected chi connectivity index (χ3v) is 4.29. The number of pyridine rings is 1. The van der Waals surface area contributed by atoms with Crippen LogP contribution in [0.5, 0.6) is 0 Å². The Balaban J connectivity index is 1.71. The van der Waals surface area contributed by atoms with Gasteiger partial charge in [-0.3, -0.25) is 4.98 Å². The van der Waals surface area contributed by atoms with E-state index in [0.29, 0.717) is 11.7 Å². The van der Waals surface area contributed by atoms with Crippen molar-refractivity contribution in [3.05, 3.63) is 78.4 Å². The van der Waals surface area contributed by atoms with E-state index in [9.17, 15) is 0 Å². The van der Waals surface area contributed by atoms with Crippen LogP contribution >= 0.6 is 12.2 Å². The maximum absolute atomic E-state index is 5.67. The van der Waals surface area contributed by atoms with Gasteiger partial charge in [-0.05, 0) is 48.6 Å². The van der Waals surface area contributed by atoms with Crippen molar-refractivity contribution in [1.82, 2.24) is 15.2 Å². The van der Waals surface area contributed by atoms with Crippen LogP contribution in [0.25, 0.3) is 0 Å². The molecule has 0 bridgehead atoms. The first kappa shape index (κ1) is 14.0. The topological polar surface area (TPSA) is 54.4 Å². The van der Waals surface area contributed by atoms with Crippen molar-refractivity contribution in [3.8, 4) is 0 Å². The maximum Gasteiger partial charge on any atom is 0.170 e. The lowest BCUT2D eigenvalue weighted by molar-refractivity contribution is 0.251. The van der Waals surface area contributed by atoms with E-state index in [1.54, 1.807) is 18.7 Å². The van der Waals surface area contributed by atoms with E-state index in [1.165, 1.54) is 0 Å². The van der Waals surface area contributed by atoms with Crippen molar-refractivity contribution in [2.24, 2.45) is 0 Å². The number of furan rings is 2. The molecule has 23 heavy (non-hydrogen) atoms. The maximum atomic E-state index is 5.67. The quantitative estimate of drug-likeness (QED) is 0.742. The highest BCUT2D eigenvalue weighted by Crippen LogP contribution is 2.39. The molecule has 1 saturated heterocycles. The van der Waals surface area contributed by atoms with Crippen molar-refractivity contribution < 1.29 is 8.83 Å². The van der Waals surface area contributed by atoms with Crippen LogP contribution in [0.1, 0.15) is 29.3 Å². The third-order valence-electron chi connectivity index (χ3n) is 3.94. The van der Waals surface area contributed by atoms with Gasteiger partial charge in [0.2, 0.25) is 0 Å². The van der Waals surface area contributed by atoms with Crippen LogP contribution in [0.3, 0.4) is 0 Å². The van der Waals surface area contributed by atoms with Gasteiger partial charge in [0.05, 0.1) is 30.8 Å². The lowest BCUT2D eigenvalue weighted by Gasteiger charge is -2.25. The molecule has 5 nitrogen and oxygen atoms in total. The van der Waals surface area contributed by atoms with Crippen LogP contribution in [-0.4, -0.2) is 15.0 Å². The van der Waals surface area contributed by atoms with Crippen LogP contribution < -0.4 is 5.32 Å². The van der Waals surface area contributed by atoms with Crippen LogP contribution in [0.2, 0.25) is 0 Å². The molecular weight excluding hydrogens is 310 g/mol. The first-order valence-corrected chi connectivity index (χ1v) is 7.77. The number of nitrogens with zero attached hydrogens (tertiary/aromatic N) is 2. The third kappa shape index (κ3) is 2.61. The fourth-order valence-electron chi connectivity index (χ4n) is 2.91. The van der Waals surface area contributed by atoms with Crippen LogP contribution in [0.4, 0.5) is 0 Å². The van der Waals surface area contributed by atoms with Gasteiger partial charge >= 0.3 is 0 Å². The molecule has 0 aromatic carbocycles. The average molecular weight is 325 g/mol. The summed E-state index contributed by atoms with van der Waals surface area (Å²) in [5, 5.41) is 4.03. The predicted octanol–water partition coefficient (Wildman–Crippen LogP) is 3.44. The highest BCUT2D eigenvalue weighted by molar-refractivity contribution is 7.80. The van der Waals surface area contributed by atoms with E-state index in [0.717, 1.165) is 17.2 Å². The fraction of sp³-hybridized carbons (Fsp3) is 0.176. The molecule has 0 aliphatic carbocycles. The molecule has 1 fully saturated rings. The number of nitrogens with one attached hydrogen (secondary N) is 1. The molecule has 0 spiro atoms. The minimum Gasteiger partial charge on any atom is -0.467 e. The Morgan fingerprint density at radius 3 is 2.65 bits per heavy atom. The van der Waals surface area contributed by atoms with Crippen molar-refractivity contribution in [2.45, 2.75) is 18.6 Å². The number of aromatic nitrogens is 1. The molecule has 0 radical (unpaired) electrons. The summed E-state index contributed by atoms with van der Waals surface area (Å²) in [6.07, 6.45) is 5.13. The lowest BCUT2D eigenvalue weighted by Crippen LogP contribution is -2.28. The lowest BCUT2D eigenvalue weighted by atomic mass is 10.0. The Kier molecular flexibility index (Phi) is 3.59. The van der Waals surface area contributed by atoms with Crippen molar-refractivity contribution in [1.29, 1.82) is 0 Å². The first-order valence-electron chi connectivity index (χ1n) is 7.37.